The Labute approximate surface area is 98.6 Å². The number of hydrogen-bond donors (Lipinski definition) is 1. The number of benzene rings is 1. The molecule has 1 aromatic carbocycles. The van der Waals surface area contributed by atoms with Crippen molar-refractivity contribution in [2.24, 2.45) is 0 Å². The normalized spacial score (nSPS) is 12.6. The van der Waals surface area contributed by atoms with Gasteiger partial charge in [-0.2, -0.15) is 0 Å². The molecule has 4 heteroatoms. The van der Waals surface area contributed by atoms with Crippen LogP contribution in [-0.2, 0) is 6.42 Å². The van der Waals surface area contributed by atoms with Crippen molar-refractivity contribution < 1.29 is 9.63 Å². The molecule has 0 radical (unpaired) electrons. The molecule has 0 saturated carbocycles. The first-order valence-electron chi connectivity index (χ1n) is 5.03. The quantitative estimate of drug-likeness (QED) is 0.831. The number of halogens is 1. The molecule has 1 unspecified atom stereocenters. The van der Waals surface area contributed by atoms with Crippen LogP contribution in [0.3, 0.4) is 0 Å². The van der Waals surface area contributed by atoms with Crippen molar-refractivity contribution in [1.82, 2.24) is 5.16 Å². The molecule has 0 aliphatic rings. The van der Waals surface area contributed by atoms with Crippen molar-refractivity contribution in [3.05, 3.63) is 42.2 Å². The number of aromatic nitrogens is 1. The van der Waals surface area contributed by atoms with Gasteiger partial charge in [0.15, 0.2) is 0 Å². The maximum absolute atomic E-state index is 9.41. The van der Waals surface area contributed by atoms with Crippen molar-refractivity contribution in [1.29, 1.82) is 0 Å². The summed E-state index contributed by atoms with van der Waals surface area (Å²) in [5.74, 6) is 0.255. The number of aliphatic hydroxyl groups is 1. The van der Waals surface area contributed by atoms with Crippen LogP contribution in [0.5, 0.6) is 0 Å². The lowest BCUT2D eigenvalue weighted by molar-refractivity contribution is 0.199. The van der Waals surface area contributed by atoms with Crippen LogP contribution >= 0.6 is 11.6 Å². The third-order valence-electron chi connectivity index (χ3n) is 2.34. The lowest BCUT2D eigenvalue weighted by atomic mass is 10.1. The summed E-state index contributed by atoms with van der Waals surface area (Å²) in [5, 5.41) is 13.3. The molecule has 1 atom stereocenters. The van der Waals surface area contributed by atoms with Crippen LogP contribution in [-0.4, -0.2) is 22.2 Å². The van der Waals surface area contributed by atoms with E-state index in [4.69, 9.17) is 16.1 Å². The topological polar surface area (TPSA) is 46.3 Å². The summed E-state index contributed by atoms with van der Waals surface area (Å²) in [6, 6.07) is 9.63. The summed E-state index contributed by atoms with van der Waals surface area (Å²) in [6.45, 7) is 0. The Bertz CT molecular complexity index is 425. The molecule has 16 heavy (non-hydrogen) atoms. The van der Waals surface area contributed by atoms with E-state index in [1.165, 1.54) is 0 Å². The van der Waals surface area contributed by atoms with E-state index >= 15 is 0 Å². The molecule has 2 rings (SSSR count). The van der Waals surface area contributed by atoms with E-state index in [-0.39, 0.29) is 5.88 Å². The molecule has 0 spiro atoms. The van der Waals surface area contributed by atoms with Crippen molar-refractivity contribution in [2.75, 3.05) is 5.88 Å². The SMILES string of the molecule is OC(CCl)Cc1ccc(-c2ccon2)cc1. The van der Waals surface area contributed by atoms with Gasteiger partial charge in [0.05, 0.1) is 6.10 Å². The minimum atomic E-state index is -0.487. The summed E-state index contributed by atoms with van der Waals surface area (Å²) >= 11 is 5.54. The maximum atomic E-state index is 9.41. The molecule has 0 fully saturated rings. The van der Waals surface area contributed by atoms with Crippen LogP contribution in [0.1, 0.15) is 5.56 Å². The molecule has 0 aliphatic heterocycles. The minimum absolute atomic E-state index is 0.255. The molecule has 84 valence electrons. The lowest BCUT2D eigenvalue weighted by Gasteiger charge is -2.06. The molecule has 0 aliphatic carbocycles. The van der Waals surface area contributed by atoms with Crippen LogP contribution < -0.4 is 0 Å². The van der Waals surface area contributed by atoms with Crippen LogP contribution in [0.15, 0.2) is 41.1 Å². The molecule has 1 N–H and O–H groups in total. The van der Waals surface area contributed by atoms with Crippen molar-refractivity contribution >= 4 is 11.6 Å². The third-order valence-corrected chi connectivity index (χ3v) is 2.69. The molecular formula is C12H12ClNO2. The molecule has 0 bridgehead atoms. The number of hydrogen-bond acceptors (Lipinski definition) is 3. The van der Waals surface area contributed by atoms with Crippen LogP contribution in [0.25, 0.3) is 11.3 Å². The number of alkyl halides is 1. The second kappa shape index (κ2) is 5.14. The van der Waals surface area contributed by atoms with Crippen molar-refractivity contribution in [3.63, 3.8) is 0 Å². The fourth-order valence-corrected chi connectivity index (χ4v) is 1.61. The van der Waals surface area contributed by atoms with Crippen LogP contribution in [0.2, 0.25) is 0 Å². The number of aliphatic hydroxyl groups excluding tert-OH is 1. The summed E-state index contributed by atoms with van der Waals surface area (Å²) in [7, 11) is 0. The molecule has 0 saturated heterocycles. The van der Waals surface area contributed by atoms with Crippen molar-refractivity contribution in [2.45, 2.75) is 12.5 Å². The van der Waals surface area contributed by atoms with Gasteiger partial charge in [0.25, 0.3) is 0 Å². The average molecular weight is 238 g/mol. The Kier molecular flexibility index (Phi) is 3.59. The van der Waals surface area contributed by atoms with Gasteiger partial charge in [-0.15, -0.1) is 11.6 Å². The third kappa shape index (κ3) is 2.62. The highest BCUT2D eigenvalue weighted by atomic mass is 35.5. The van der Waals surface area contributed by atoms with Crippen LogP contribution in [0.4, 0.5) is 0 Å². The van der Waals surface area contributed by atoms with E-state index in [0.717, 1.165) is 16.8 Å². The van der Waals surface area contributed by atoms with Gasteiger partial charge in [-0.05, 0) is 12.0 Å². The highest BCUT2D eigenvalue weighted by molar-refractivity contribution is 6.18. The van der Waals surface area contributed by atoms with Gasteiger partial charge >= 0.3 is 0 Å². The van der Waals surface area contributed by atoms with Crippen molar-refractivity contribution in [3.8, 4) is 11.3 Å². The first kappa shape index (κ1) is 11.2. The maximum Gasteiger partial charge on any atom is 0.124 e. The van der Waals surface area contributed by atoms with Gasteiger partial charge in [0.1, 0.15) is 12.0 Å². The largest absolute Gasteiger partial charge is 0.392 e. The predicted octanol–water partition coefficient (Wildman–Crippen LogP) is 2.48. The first-order chi connectivity index (χ1) is 7.79. The number of nitrogens with zero attached hydrogens (tertiary/aromatic N) is 1. The van der Waals surface area contributed by atoms with Gasteiger partial charge in [0.2, 0.25) is 0 Å². The molecule has 1 heterocycles. The fourth-order valence-electron chi connectivity index (χ4n) is 1.50. The van der Waals surface area contributed by atoms with E-state index in [1.807, 2.05) is 30.3 Å². The summed E-state index contributed by atoms with van der Waals surface area (Å²) in [5.41, 5.74) is 2.86. The van der Waals surface area contributed by atoms with E-state index in [9.17, 15) is 5.11 Å². The lowest BCUT2D eigenvalue weighted by Crippen LogP contribution is -2.11. The second-order valence-electron chi connectivity index (χ2n) is 3.59. The van der Waals surface area contributed by atoms with Gasteiger partial charge < -0.3 is 9.63 Å². The Hall–Kier alpha value is -1.32. The van der Waals surface area contributed by atoms with Gasteiger partial charge in [0, 0.05) is 17.5 Å². The zero-order chi connectivity index (χ0) is 11.4. The Morgan fingerprint density at radius 2 is 2.00 bits per heavy atom. The van der Waals surface area contributed by atoms with Gasteiger partial charge in [-0.1, -0.05) is 29.4 Å². The van der Waals surface area contributed by atoms with Crippen LogP contribution in [0, 0.1) is 0 Å². The summed E-state index contributed by atoms with van der Waals surface area (Å²) < 4.78 is 4.77. The zero-order valence-electron chi connectivity index (χ0n) is 8.64. The average Bonchev–Trinajstić information content (AvgIpc) is 2.83. The highest BCUT2D eigenvalue weighted by Crippen LogP contribution is 2.18. The predicted molar refractivity (Wildman–Crippen MR) is 62.4 cm³/mol. The highest BCUT2D eigenvalue weighted by Gasteiger charge is 2.05. The molecular weight excluding hydrogens is 226 g/mol. The Balaban J connectivity index is 2.11. The fraction of sp³-hybridized carbons (Fsp3) is 0.250. The molecule has 2 aromatic rings. The van der Waals surface area contributed by atoms with Gasteiger partial charge in [-0.3, -0.25) is 0 Å². The van der Waals surface area contributed by atoms with E-state index in [1.54, 1.807) is 6.26 Å². The smallest absolute Gasteiger partial charge is 0.124 e. The van der Waals surface area contributed by atoms with E-state index in [0.29, 0.717) is 6.42 Å². The molecule has 3 nitrogen and oxygen atoms in total. The van der Waals surface area contributed by atoms with Gasteiger partial charge in [-0.25, -0.2) is 0 Å². The minimum Gasteiger partial charge on any atom is -0.392 e. The monoisotopic (exact) mass is 237 g/mol. The second-order valence-corrected chi connectivity index (χ2v) is 3.90. The van der Waals surface area contributed by atoms with E-state index in [2.05, 4.69) is 5.16 Å². The summed E-state index contributed by atoms with van der Waals surface area (Å²) in [4.78, 5) is 0. The van der Waals surface area contributed by atoms with E-state index < -0.39 is 6.10 Å². The Morgan fingerprint density at radius 1 is 1.25 bits per heavy atom. The number of rotatable bonds is 4. The molecule has 1 aromatic heterocycles. The standard InChI is InChI=1S/C12H12ClNO2/c13-8-11(15)7-9-1-3-10(4-2-9)12-5-6-16-14-12/h1-6,11,15H,7-8H2. The summed E-state index contributed by atoms with van der Waals surface area (Å²) in [6.07, 6.45) is 1.63. The zero-order valence-corrected chi connectivity index (χ0v) is 9.39. The molecule has 0 amide bonds. The Morgan fingerprint density at radius 3 is 2.56 bits per heavy atom. The first-order valence-corrected chi connectivity index (χ1v) is 5.57.